The number of benzene rings is 1. The average Bonchev–Trinajstić information content (AvgIpc) is 2.55. The number of fused-ring (bicyclic) bond motifs is 1. The highest BCUT2D eigenvalue weighted by molar-refractivity contribution is 5.43. The summed E-state index contributed by atoms with van der Waals surface area (Å²) in [6.45, 7) is 4.08. The molecule has 0 saturated carbocycles. The number of hydrogen-bond acceptors (Lipinski definition) is 6. The van der Waals surface area contributed by atoms with E-state index in [1.165, 1.54) is 6.07 Å². The highest BCUT2D eigenvalue weighted by atomic mass is 16.6. The van der Waals surface area contributed by atoms with E-state index in [1.807, 2.05) is 13.1 Å². The molecule has 7 heteroatoms. The summed E-state index contributed by atoms with van der Waals surface area (Å²) >= 11 is 0. The maximum Gasteiger partial charge on any atom is 0.270 e. The van der Waals surface area contributed by atoms with Gasteiger partial charge in [-0.05, 0) is 13.0 Å². The van der Waals surface area contributed by atoms with Gasteiger partial charge < -0.3 is 4.74 Å². The molecule has 1 aliphatic heterocycles. The van der Waals surface area contributed by atoms with E-state index in [-0.39, 0.29) is 10.6 Å². The first-order chi connectivity index (χ1) is 11.1. The van der Waals surface area contributed by atoms with Crippen molar-refractivity contribution in [3.63, 3.8) is 0 Å². The van der Waals surface area contributed by atoms with E-state index in [0.29, 0.717) is 12.3 Å². The molecule has 0 amide bonds. The van der Waals surface area contributed by atoms with Crippen molar-refractivity contribution in [3.05, 3.63) is 57.2 Å². The predicted octanol–water partition coefficient (Wildman–Crippen LogP) is 2.26. The summed E-state index contributed by atoms with van der Waals surface area (Å²) in [4.78, 5) is 21.5. The van der Waals surface area contributed by atoms with Gasteiger partial charge in [0, 0.05) is 61.2 Å². The van der Waals surface area contributed by atoms with Crippen LogP contribution >= 0.6 is 0 Å². The monoisotopic (exact) mass is 314 g/mol. The van der Waals surface area contributed by atoms with E-state index in [1.54, 1.807) is 19.2 Å². The van der Waals surface area contributed by atoms with Crippen LogP contribution in [0.3, 0.4) is 0 Å². The fraction of sp³-hybridized carbons (Fsp3) is 0.375. The van der Waals surface area contributed by atoms with E-state index < -0.39 is 0 Å². The molecular formula is C16H18N4O3. The van der Waals surface area contributed by atoms with Crippen LogP contribution < -0.4 is 4.74 Å². The SMILES string of the molecule is COc1ccc([N+](=O)[O-])cc1CN1CCc2nc(C)ncc2C1. The molecule has 0 spiro atoms. The van der Waals surface area contributed by atoms with Gasteiger partial charge in [0.2, 0.25) is 0 Å². The minimum Gasteiger partial charge on any atom is -0.496 e. The average molecular weight is 314 g/mol. The molecule has 7 nitrogen and oxygen atoms in total. The molecular weight excluding hydrogens is 296 g/mol. The zero-order valence-corrected chi connectivity index (χ0v) is 13.2. The van der Waals surface area contributed by atoms with Gasteiger partial charge in [0.1, 0.15) is 11.6 Å². The summed E-state index contributed by atoms with van der Waals surface area (Å²) in [6.07, 6.45) is 2.73. The minimum atomic E-state index is -0.384. The van der Waals surface area contributed by atoms with Gasteiger partial charge in [0.05, 0.1) is 12.0 Å². The van der Waals surface area contributed by atoms with Gasteiger partial charge >= 0.3 is 0 Å². The Labute approximate surface area is 134 Å². The van der Waals surface area contributed by atoms with Crippen LogP contribution in [0.25, 0.3) is 0 Å². The Morgan fingerprint density at radius 1 is 1.43 bits per heavy atom. The molecule has 0 unspecified atom stereocenters. The van der Waals surface area contributed by atoms with Crippen molar-refractivity contribution >= 4 is 5.69 Å². The topological polar surface area (TPSA) is 81.4 Å². The number of nitrogens with zero attached hydrogens (tertiary/aromatic N) is 4. The quantitative estimate of drug-likeness (QED) is 0.636. The molecule has 1 aliphatic rings. The molecule has 0 N–H and O–H groups in total. The van der Waals surface area contributed by atoms with Gasteiger partial charge in [-0.2, -0.15) is 0 Å². The molecule has 1 aromatic carbocycles. The van der Waals surface area contributed by atoms with Crippen LogP contribution in [0.5, 0.6) is 5.75 Å². The van der Waals surface area contributed by atoms with Crippen molar-refractivity contribution < 1.29 is 9.66 Å². The van der Waals surface area contributed by atoms with Crippen LogP contribution in [0, 0.1) is 17.0 Å². The van der Waals surface area contributed by atoms with Crippen LogP contribution in [-0.4, -0.2) is 33.4 Å². The molecule has 0 saturated heterocycles. The maximum atomic E-state index is 11.0. The van der Waals surface area contributed by atoms with Gasteiger partial charge in [0.15, 0.2) is 0 Å². The normalized spacial score (nSPS) is 14.3. The molecule has 120 valence electrons. The second kappa shape index (κ2) is 6.29. The Bertz CT molecular complexity index is 748. The van der Waals surface area contributed by atoms with Gasteiger partial charge in [-0.25, -0.2) is 9.97 Å². The van der Waals surface area contributed by atoms with E-state index in [2.05, 4.69) is 14.9 Å². The number of non-ortho nitro benzene ring substituents is 1. The summed E-state index contributed by atoms with van der Waals surface area (Å²) in [5.41, 5.74) is 3.11. The number of methoxy groups -OCH3 is 1. The van der Waals surface area contributed by atoms with E-state index in [0.717, 1.165) is 42.2 Å². The van der Waals surface area contributed by atoms with E-state index in [9.17, 15) is 10.1 Å². The highest BCUT2D eigenvalue weighted by Crippen LogP contribution is 2.27. The maximum absolute atomic E-state index is 11.0. The molecule has 0 atom stereocenters. The molecule has 2 heterocycles. The second-order valence-corrected chi connectivity index (χ2v) is 5.60. The molecule has 0 fully saturated rings. The lowest BCUT2D eigenvalue weighted by Gasteiger charge is -2.28. The van der Waals surface area contributed by atoms with Crippen LogP contribution in [0.4, 0.5) is 5.69 Å². The van der Waals surface area contributed by atoms with E-state index >= 15 is 0 Å². The Hall–Kier alpha value is -2.54. The molecule has 3 rings (SSSR count). The van der Waals surface area contributed by atoms with Crippen molar-refractivity contribution in [2.45, 2.75) is 26.4 Å². The zero-order valence-electron chi connectivity index (χ0n) is 13.2. The number of hydrogen-bond donors (Lipinski definition) is 0. The zero-order chi connectivity index (χ0) is 16.4. The van der Waals surface area contributed by atoms with Gasteiger partial charge in [-0.15, -0.1) is 0 Å². The summed E-state index contributed by atoms with van der Waals surface area (Å²) in [6, 6.07) is 4.70. The van der Waals surface area contributed by atoms with Crippen molar-refractivity contribution in [1.82, 2.24) is 14.9 Å². The number of aromatic nitrogens is 2. The lowest BCUT2D eigenvalue weighted by molar-refractivity contribution is -0.385. The standard InChI is InChI=1S/C16H18N4O3/c1-11-17-8-13-10-19(6-5-15(13)18-11)9-12-7-14(20(21)22)3-4-16(12)23-2/h3-4,7-8H,5-6,9-10H2,1-2H3. The summed E-state index contributed by atoms with van der Waals surface area (Å²) in [5.74, 6) is 1.46. The van der Waals surface area contributed by atoms with Crippen LogP contribution in [0.1, 0.15) is 22.6 Å². The van der Waals surface area contributed by atoms with Crippen LogP contribution in [0.2, 0.25) is 0 Å². The van der Waals surface area contributed by atoms with Crippen LogP contribution in [0.15, 0.2) is 24.4 Å². The number of rotatable bonds is 4. The summed E-state index contributed by atoms with van der Waals surface area (Å²) in [5, 5.41) is 11.0. The van der Waals surface area contributed by atoms with Crippen molar-refractivity contribution in [3.8, 4) is 5.75 Å². The number of nitro groups is 1. The fourth-order valence-corrected chi connectivity index (χ4v) is 2.85. The van der Waals surface area contributed by atoms with Gasteiger partial charge in [-0.3, -0.25) is 15.0 Å². The highest BCUT2D eigenvalue weighted by Gasteiger charge is 2.20. The smallest absolute Gasteiger partial charge is 0.270 e. The van der Waals surface area contributed by atoms with Crippen LogP contribution in [-0.2, 0) is 19.5 Å². The Balaban J connectivity index is 1.81. The first kappa shape index (κ1) is 15.4. The molecule has 0 bridgehead atoms. The fourth-order valence-electron chi connectivity index (χ4n) is 2.85. The molecule has 1 aromatic heterocycles. The largest absolute Gasteiger partial charge is 0.496 e. The number of nitro benzene ring substituents is 1. The Morgan fingerprint density at radius 2 is 2.26 bits per heavy atom. The third-order valence-corrected chi connectivity index (χ3v) is 4.00. The predicted molar refractivity (Wildman–Crippen MR) is 84.2 cm³/mol. The number of aryl methyl sites for hydroxylation is 1. The first-order valence-corrected chi connectivity index (χ1v) is 7.42. The minimum absolute atomic E-state index is 0.0807. The third-order valence-electron chi connectivity index (χ3n) is 4.00. The Morgan fingerprint density at radius 3 is 3.00 bits per heavy atom. The second-order valence-electron chi connectivity index (χ2n) is 5.60. The van der Waals surface area contributed by atoms with Crippen molar-refractivity contribution in [2.24, 2.45) is 0 Å². The lowest BCUT2D eigenvalue weighted by atomic mass is 10.1. The van der Waals surface area contributed by atoms with E-state index in [4.69, 9.17) is 4.74 Å². The molecule has 0 radical (unpaired) electrons. The first-order valence-electron chi connectivity index (χ1n) is 7.42. The third kappa shape index (κ3) is 3.29. The molecule has 0 aliphatic carbocycles. The molecule has 23 heavy (non-hydrogen) atoms. The van der Waals surface area contributed by atoms with Gasteiger partial charge in [0.25, 0.3) is 5.69 Å². The number of ether oxygens (including phenoxy) is 1. The summed E-state index contributed by atoms with van der Waals surface area (Å²) in [7, 11) is 1.58. The van der Waals surface area contributed by atoms with Crippen molar-refractivity contribution in [2.75, 3.05) is 13.7 Å². The molecule has 2 aromatic rings. The van der Waals surface area contributed by atoms with Gasteiger partial charge in [-0.1, -0.05) is 0 Å². The Kier molecular flexibility index (Phi) is 4.20. The lowest BCUT2D eigenvalue weighted by Crippen LogP contribution is -2.31. The summed E-state index contributed by atoms with van der Waals surface area (Å²) < 4.78 is 5.33. The van der Waals surface area contributed by atoms with Crippen molar-refractivity contribution in [1.29, 1.82) is 0 Å².